The molecule has 1 aliphatic heterocycles. The third-order valence-electron chi connectivity index (χ3n) is 7.17. The molecule has 46 heavy (non-hydrogen) atoms. The third kappa shape index (κ3) is 6.82. The minimum absolute atomic E-state index is 0.0329. The summed E-state index contributed by atoms with van der Waals surface area (Å²) in [6.07, 6.45) is -5.41. The number of fused-ring (bicyclic) bond motifs is 1. The second-order valence-electron chi connectivity index (χ2n) is 10.3. The van der Waals surface area contributed by atoms with Crippen LogP contribution in [0, 0.1) is 6.92 Å². The summed E-state index contributed by atoms with van der Waals surface area (Å²) in [5.74, 6) is -3.06. The summed E-state index contributed by atoms with van der Waals surface area (Å²) in [6, 6.07) is 17.2. The molecule has 1 saturated heterocycles. The molecule has 12 nitrogen and oxygen atoms in total. The summed E-state index contributed by atoms with van der Waals surface area (Å²) in [7, 11) is 0. The van der Waals surface area contributed by atoms with Gasteiger partial charge in [0.25, 0.3) is 11.5 Å². The molecule has 15 heteroatoms. The fraction of sp³-hybridized carbons (Fsp3) is 0.226. The Labute approximate surface area is 258 Å². The SMILES string of the molecule is Cc1nc2ccc(CNC(=O)Nc3ccc(OC(F)(F)F)cc3)cc2c(=O)n1C1(C(=O)OCc2ccccc2)CCC(=O)NC1=O. The maximum atomic E-state index is 14.0. The lowest BCUT2D eigenvalue weighted by atomic mass is 9.87. The molecule has 5 rings (SSSR count). The van der Waals surface area contributed by atoms with Gasteiger partial charge < -0.3 is 20.1 Å². The fourth-order valence-electron chi connectivity index (χ4n) is 5.04. The number of hydrogen-bond donors (Lipinski definition) is 3. The van der Waals surface area contributed by atoms with Crippen LogP contribution >= 0.6 is 0 Å². The van der Waals surface area contributed by atoms with E-state index in [1.165, 1.54) is 31.2 Å². The van der Waals surface area contributed by atoms with Gasteiger partial charge in [-0.05, 0) is 60.9 Å². The monoisotopic (exact) mass is 637 g/mol. The number of rotatable bonds is 8. The average molecular weight is 638 g/mol. The second kappa shape index (κ2) is 12.7. The van der Waals surface area contributed by atoms with Crippen LogP contribution in [0.2, 0.25) is 0 Å². The van der Waals surface area contributed by atoms with Crippen LogP contribution in [0.15, 0.2) is 77.6 Å². The Morgan fingerprint density at radius 2 is 1.72 bits per heavy atom. The first-order valence-electron chi connectivity index (χ1n) is 13.8. The molecular formula is C31H26F3N5O7. The standard InChI is InChI=1S/C31H26F3N5O7/c1-18-36-24-12-7-20(16-35-29(44)37-21-8-10-22(11-9-21)46-31(32,33)34)15-23(24)26(41)39(18)30(14-13-25(40)38-27(30)42)28(43)45-17-19-5-3-2-4-6-19/h2-12,15H,13-14,16-17H2,1H3,(H2,35,37,44)(H,38,40,42). The van der Waals surface area contributed by atoms with Gasteiger partial charge in [0.15, 0.2) is 0 Å². The van der Waals surface area contributed by atoms with Gasteiger partial charge in [-0.3, -0.25) is 24.3 Å². The largest absolute Gasteiger partial charge is 0.573 e. The van der Waals surface area contributed by atoms with Crippen molar-refractivity contribution in [2.45, 2.75) is 44.8 Å². The molecule has 0 radical (unpaired) electrons. The number of carbonyl (C=O) groups excluding carboxylic acids is 4. The van der Waals surface area contributed by atoms with Crippen molar-refractivity contribution in [1.82, 2.24) is 20.2 Å². The molecule has 1 aromatic heterocycles. The molecule has 1 aliphatic rings. The number of aryl methyl sites for hydroxylation is 1. The van der Waals surface area contributed by atoms with Crippen LogP contribution in [0.1, 0.15) is 29.8 Å². The second-order valence-corrected chi connectivity index (χ2v) is 10.3. The number of nitrogens with zero attached hydrogens (tertiary/aromatic N) is 2. The summed E-state index contributed by atoms with van der Waals surface area (Å²) >= 11 is 0. The highest BCUT2D eigenvalue weighted by Crippen LogP contribution is 2.30. The van der Waals surface area contributed by atoms with Crippen LogP contribution in [0.4, 0.5) is 23.7 Å². The van der Waals surface area contributed by atoms with E-state index in [9.17, 15) is 37.1 Å². The molecule has 1 fully saturated rings. The molecule has 0 aliphatic carbocycles. The Kier molecular flexibility index (Phi) is 8.76. The van der Waals surface area contributed by atoms with Crippen molar-refractivity contribution in [3.8, 4) is 5.75 Å². The highest BCUT2D eigenvalue weighted by Gasteiger charge is 2.54. The number of aromatic nitrogens is 2. The minimum atomic E-state index is -4.85. The fourth-order valence-corrected chi connectivity index (χ4v) is 5.04. The number of carbonyl (C=O) groups is 4. The number of anilines is 1. The smallest absolute Gasteiger partial charge is 0.459 e. The predicted molar refractivity (Wildman–Crippen MR) is 156 cm³/mol. The number of imide groups is 1. The van der Waals surface area contributed by atoms with E-state index in [1.807, 2.05) is 0 Å². The zero-order valence-corrected chi connectivity index (χ0v) is 24.1. The molecule has 2 heterocycles. The van der Waals surface area contributed by atoms with Crippen molar-refractivity contribution < 1.29 is 41.8 Å². The van der Waals surface area contributed by atoms with Crippen LogP contribution in [0.5, 0.6) is 5.75 Å². The normalized spacial score (nSPS) is 16.4. The van der Waals surface area contributed by atoms with Gasteiger partial charge >= 0.3 is 18.4 Å². The Morgan fingerprint density at radius 1 is 1.00 bits per heavy atom. The number of amides is 4. The van der Waals surface area contributed by atoms with Gasteiger partial charge in [-0.25, -0.2) is 14.6 Å². The number of esters is 1. The van der Waals surface area contributed by atoms with Gasteiger partial charge in [0.1, 0.15) is 18.2 Å². The van der Waals surface area contributed by atoms with E-state index < -0.39 is 47.0 Å². The summed E-state index contributed by atoms with van der Waals surface area (Å²) in [5.41, 5.74) is -1.39. The zero-order valence-electron chi connectivity index (χ0n) is 24.1. The third-order valence-corrected chi connectivity index (χ3v) is 7.17. The highest BCUT2D eigenvalue weighted by molar-refractivity contribution is 6.13. The summed E-state index contributed by atoms with van der Waals surface area (Å²) in [4.78, 5) is 69.9. The Balaban J connectivity index is 1.38. The van der Waals surface area contributed by atoms with Gasteiger partial charge in [0, 0.05) is 18.7 Å². The Hall–Kier alpha value is -5.73. The minimum Gasteiger partial charge on any atom is -0.459 e. The Bertz CT molecular complexity index is 1880. The lowest BCUT2D eigenvalue weighted by Gasteiger charge is -2.35. The molecule has 1 atom stereocenters. The van der Waals surface area contributed by atoms with E-state index in [-0.39, 0.29) is 48.4 Å². The van der Waals surface area contributed by atoms with E-state index in [2.05, 4.69) is 25.7 Å². The Morgan fingerprint density at radius 3 is 2.39 bits per heavy atom. The molecule has 4 aromatic rings. The van der Waals surface area contributed by atoms with E-state index >= 15 is 0 Å². The molecule has 3 N–H and O–H groups in total. The van der Waals surface area contributed by atoms with Gasteiger partial charge in [0.2, 0.25) is 11.4 Å². The molecule has 238 valence electrons. The number of halogens is 3. The summed E-state index contributed by atoms with van der Waals surface area (Å²) in [5, 5.41) is 7.23. The topological polar surface area (TPSA) is 158 Å². The van der Waals surface area contributed by atoms with Crippen LogP contribution in [-0.4, -0.2) is 39.7 Å². The number of nitrogens with one attached hydrogen (secondary N) is 3. The molecule has 0 saturated carbocycles. The zero-order chi connectivity index (χ0) is 33.1. The summed E-state index contributed by atoms with van der Waals surface area (Å²) in [6.45, 7) is 1.20. The number of alkyl halides is 3. The number of piperidine rings is 1. The van der Waals surface area contributed by atoms with Gasteiger partial charge in [-0.15, -0.1) is 13.2 Å². The quantitative estimate of drug-likeness (QED) is 0.150. The van der Waals surface area contributed by atoms with Crippen molar-refractivity contribution >= 4 is 40.4 Å². The van der Waals surface area contributed by atoms with Crippen molar-refractivity contribution in [3.63, 3.8) is 0 Å². The van der Waals surface area contributed by atoms with E-state index in [0.29, 0.717) is 11.1 Å². The molecule has 0 bridgehead atoms. The number of ether oxygens (including phenoxy) is 2. The molecule has 4 amide bonds. The number of hydrogen-bond acceptors (Lipinski definition) is 8. The average Bonchev–Trinajstić information content (AvgIpc) is 3.01. The molecule has 3 aromatic carbocycles. The highest BCUT2D eigenvalue weighted by atomic mass is 19.4. The van der Waals surface area contributed by atoms with Crippen molar-refractivity contribution in [1.29, 1.82) is 0 Å². The maximum absolute atomic E-state index is 14.0. The molecular weight excluding hydrogens is 611 g/mol. The van der Waals surface area contributed by atoms with Crippen molar-refractivity contribution in [3.05, 3.63) is 100 Å². The van der Waals surface area contributed by atoms with Crippen molar-refractivity contribution in [2.24, 2.45) is 0 Å². The van der Waals surface area contributed by atoms with E-state index in [0.717, 1.165) is 16.7 Å². The van der Waals surface area contributed by atoms with Crippen LogP contribution < -0.4 is 26.2 Å². The number of urea groups is 1. The van der Waals surface area contributed by atoms with Crippen LogP contribution in [0.3, 0.4) is 0 Å². The van der Waals surface area contributed by atoms with E-state index in [4.69, 9.17) is 4.74 Å². The first-order valence-corrected chi connectivity index (χ1v) is 13.8. The van der Waals surface area contributed by atoms with Gasteiger partial charge in [-0.2, -0.15) is 0 Å². The van der Waals surface area contributed by atoms with Crippen molar-refractivity contribution in [2.75, 3.05) is 5.32 Å². The van der Waals surface area contributed by atoms with E-state index in [1.54, 1.807) is 36.4 Å². The molecule has 0 spiro atoms. The first-order chi connectivity index (χ1) is 21.9. The maximum Gasteiger partial charge on any atom is 0.573 e. The van der Waals surface area contributed by atoms with Gasteiger partial charge in [-0.1, -0.05) is 36.4 Å². The number of benzene rings is 3. The lowest BCUT2D eigenvalue weighted by Crippen LogP contribution is -2.62. The van der Waals surface area contributed by atoms with Crippen LogP contribution in [0.25, 0.3) is 10.9 Å². The first kappa shape index (κ1) is 31.7. The predicted octanol–water partition coefficient (Wildman–Crippen LogP) is 3.80. The lowest BCUT2D eigenvalue weighted by molar-refractivity contribution is -0.274. The van der Waals surface area contributed by atoms with Gasteiger partial charge in [0.05, 0.1) is 10.9 Å². The molecule has 1 unspecified atom stereocenters. The summed E-state index contributed by atoms with van der Waals surface area (Å²) < 4.78 is 47.4. The van der Waals surface area contributed by atoms with Crippen LogP contribution in [-0.2, 0) is 37.8 Å².